The Labute approximate surface area is 427 Å². The van der Waals surface area contributed by atoms with Gasteiger partial charge in [0.05, 0.1) is 22.8 Å². The average Bonchev–Trinajstić information content (AvgIpc) is 4.30. The summed E-state index contributed by atoms with van der Waals surface area (Å²) in [6.45, 7) is 0. The lowest BCUT2D eigenvalue weighted by atomic mass is 9.69. The third-order valence-electron chi connectivity index (χ3n) is 19.4. The Hall–Kier alpha value is -5.72. The first-order valence-corrected chi connectivity index (χ1v) is 29.5. The van der Waals surface area contributed by atoms with Crippen LogP contribution in [0.3, 0.4) is 0 Å². The summed E-state index contributed by atoms with van der Waals surface area (Å²) in [5, 5.41) is 0. The third kappa shape index (κ3) is 5.33. The zero-order valence-electron chi connectivity index (χ0n) is 39.7. The van der Waals surface area contributed by atoms with Crippen LogP contribution in [0.15, 0.2) is 134 Å². The molecule has 4 aromatic heterocycles. The van der Waals surface area contributed by atoms with Gasteiger partial charge in [-0.05, 0) is 143 Å². The predicted molar refractivity (Wildman–Crippen MR) is 299 cm³/mol. The maximum atomic E-state index is 6.12. The number of fused-ring (bicyclic) bond motifs is 16. The van der Waals surface area contributed by atoms with Crippen LogP contribution in [0.2, 0.25) is 0 Å². The van der Waals surface area contributed by atoms with Crippen LogP contribution < -0.4 is 0 Å². The van der Waals surface area contributed by atoms with Gasteiger partial charge in [-0.15, -0.1) is 34.0 Å². The van der Waals surface area contributed by atoms with Crippen molar-refractivity contribution in [3.05, 3.63) is 190 Å². The molecule has 2 aromatic carbocycles. The number of allylic oxidation sites excluding steroid dienone is 14. The maximum Gasteiger partial charge on any atom is 0.0771 e. The molecule has 0 spiro atoms. The summed E-state index contributed by atoms with van der Waals surface area (Å²) in [4.78, 5) is 12.2. The summed E-state index contributed by atoms with van der Waals surface area (Å²) in [7, 11) is 0. The molecule has 10 atom stereocenters. The Bertz CT molecular complexity index is 3650. The molecule has 0 N–H and O–H groups in total. The van der Waals surface area contributed by atoms with Crippen molar-refractivity contribution < 1.29 is 0 Å². The second-order valence-electron chi connectivity index (χ2n) is 22.8. The van der Waals surface area contributed by atoms with E-state index in [0.717, 1.165) is 0 Å². The molecule has 0 saturated heterocycles. The number of hydrogen-bond acceptors (Lipinski definition) is 5. The van der Waals surface area contributed by atoms with Crippen molar-refractivity contribution in [1.29, 1.82) is 0 Å². The molecule has 344 valence electrons. The maximum absolute atomic E-state index is 6.12. The highest BCUT2D eigenvalue weighted by molar-refractivity contribution is 7.31. The van der Waals surface area contributed by atoms with Gasteiger partial charge >= 0.3 is 0 Å². The minimum atomic E-state index is 0.386. The fourth-order valence-corrected chi connectivity index (χ4v) is 20.9. The molecule has 2 aliphatic heterocycles. The van der Waals surface area contributed by atoms with Crippen LogP contribution in [0.1, 0.15) is 156 Å². The second-order valence-corrected chi connectivity index (χ2v) is 26.0. The topological polar surface area (TPSA) is 25.8 Å². The molecular formula is C66H52N2S3. The van der Waals surface area contributed by atoms with E-state index in [1.807, 2.05) is 11.3 Å². The SMILES string of the molecule is C1=CC2CCC1C1=C2c2nc1cc1sc(cc3nc(c(-c4ccccc4)c4sc(c5c4C4C=CC5CC4)c4sc(c2-c2ccccc2)c2c4C4C=CC2CC4)C2=C3C3C=CC2CC3)c2c1C1C=CC2CC1. The smallest absolute Gasteiger partial charge is 0.0771 e. The molecule has 0 fully saturated rings. The van der Waals surface area contributed by atoms with E-state index in [0.29, 0.717) is 59.2 Å². The quantitative estimate of drug-likeness (QED) is 0.162. The Kier molecular flexibility index (Phi) is 8.13. The molecule has 0 amide bonds. The highest BCUT2D eigenvalue weighted by atomic mass is 32.1. The van der Waals surface area contributed by atoms with E-state index in [2.05, 4.69) is 156 Å². The normalized spacial score (nSPS) is 29.9. The van der Waals surface area contributed by atoms with Gasteiger partial charge in [-0.2, -0.15) is 0 Å². The molecule has 10 unspecified atom stereocenters. The van der Waals surface area contributed by atoms with E-state index >= 15 is 0 Å². The van der Waals surface area contributed by atoms with Crippen LogP contribution in [0.5, 0.6) is 0 Å². The van der Waals surface area contributed by atoms with Crippen molar-refractivity contribution >= 4 is 84.5 Å². The lowest BCUT2D eigenvalue weighted by Gasteiger charge is -2.34. The largest absolute Gasteiger partial charge is 0.248 e. The molecule has 6 aromatic rings. The van der Waals surface area contributed by atoms with Crippen molar-refractivity contribution in [2.45, 2.75) is 99.7 Å². The second kappa shape index (κ2) is 14.5. The van der Waals surface area contributed by atoms with Crippen LogP contribution in [0, 0.1) is 23.7 Å². The van der Waals surface area contributed by atoms with Gasteiger partial charge in [0, 0.05) is 98.5 Å². The summed E-state index contributed by atoms with van der Waals surface area (Å²) < 4.78 is 8.91. The lowest BCUT2D eigenvalue weighted by Crippen LogP contribution is -2.19. The number of benzene rings is 2. The minimum Gasteiger partial charge on any atom is -0.248 e. The van der Waals surface area contributed by atoms with E-state index < -0.39 is 0 Å². The number of nitrogens with zero attached hydrogens (tertiary/aromatic N) is 2. The lowest BCUT2D eigenvalue weighted by molar-refractivity contribution is 0.558. The zero-order chi connectivity index (χ0) is 45.8. The molecule has 23 rings (SSSR count). The highest BCUT2D eigenvalue weighted by Crippen LogP contribution is 2.63. The van der Waals surface area contributed by atoms with E-state index in [9.17, 15) is 0 Å². The molecular weight excluding hydrogens is 917 g/mol. The first kappa shape index (κ1) is 39.8. The van der Waals surface area contributed by atoms with E-state index in [1.165, 1.54) is 150 Å². The Morgan fingerprint density at radius 2 is 0.620 bits per heavy atom. The molecule has 0 radical (unpaired) electrons. The van der Waals surface area contributed by atoms with E-state index in [-0.39, 0.29) is 0 Å². The first-order chi connectivity index (χ1) is 35.2. The monoisotopic (exact) mass is 968 g/mol. The summed E-state index contributed by atoms with van der Waals surface area (Å²) >= 11 is 6.33. The molecule has 0 saturated carbocycles. The van der Waals surface area contributed by atoms with Crippen LogP contribution in [-0.4, -0.2) is 9.97 Å². The van der Waals surface area contributed by atoms with Crippen molar-refractivity contribution in [3.8, 4) is 22.3 Å². The van der Waals surface area contributed by atoms with Crippen molar-refractivity contribution in [3.63, 3.8) is 0 Å². The van der Waals surface area contributed by atoms with Gasteiger partial charge in [-0.25, -0.2) is 9.97 Å². The fourth-order valence-electron chi connectivity index (χ4n) is 16.4. The van der Waals surface area contributed by atoms with E-state index in [4.69, 9.17) is 9.97 Å². The van der Waals surface area contributed by atoms with Crippen LogP contribution in [0.4, 0.5) is 0 Å². The van der Waals surface area contributed by atoms with Gasteiger partial charge in [-0.3, -0.25) is 0 Å². The van der Waals surface area contributed by atoms with Gasteiger partial charge in [0.2, 0.25) is 0 Å². The van der Waals surface area contributed by atoms with Gasteiger partial charge in [0.1, 0.15) is 0 Å². The molecule has 5 heteroatoms. The number of aromatic nitrogens is 2. The molecule has 20 bridgehead atoms. The van der Waals surface area contributed by atoms with E-state index in [1.54, 1.807) is 42.8 Å². The molecule has 2 nitrogen and oxygen atoms in total. The number of thiophene rings is 3. The highest BCUT2D eigenvalue weighted by Gasteiger charge is 2.44. The minimum absolute atomic E-state index is 0.386. The Morgan fingerprint density at radius 1 is 0.310 bits per heavy atom. The Balaban J connectivity index is 1.09. The number of rotatable bonds is 2. The van der Waals surface area contributed by atoms with Gasteiger partial charge in [0.25, 0.3) is 0 Å². The van der Waals surface area contributed by atoms with Gasteiger partial charge in [-0.1, -0.05) is 121 Å². The number of hydrogen-bond donors (Lipinski definition) is 0. The molecule has 71 heavy (non-hydrogen) atoms. The molecule has 6 heterocycles. The molecule has 15 aliphatic carbocycles. The third-order valence-corrected chi connectivity index (χ3v) is 23.2. The standard InChI is InChI=1S/C66H52N2S3/c1-3-7-33(8-4-1)59-61-53-39-19-11-35(12-20-39)49(53)45(67-61)31-47-51-37-15-17-38(18-16-37)52(51)48(69-47)32-46-50-36-13-21-40(22-14-36)54(50)62(68-46)60(34-9-5-2-6-10-34)64-56-42-25-29-44(30-26-42)58(56)66(71-64)65-57-43-27-23-41(24-28-43)55(57)63(59)70-65/h1-11,13,15,17,19,21,23,25,27,29,31-32,35-44H,12,14,16,18,20,22,24,26,28,30H2. The summed E-state index contributed by atoms with van der Waals surface area (Å²) in [6.07, 6.45) is 37.9. The van der Waals surface area contributed by atoms with Crippen molar-refractivity contribution in [2.75, 3.05) is 0 Å². The fraction of sp³-hybridized carbons (Fsp3) is 0.303. The first-order valence-electron chi connectivity index (χ1n) is 27.1. The van der Waals surface area contributed by atoms with Gasteiger partial charge < -0.3 is 0 Å². The summed E-state index contributed by atoms with van der Waals surface area (Å²) in [5.74, 6) is 4.15. The zero-order valence-corrected chi connectivity index (χ0v) is 42.1. The van der Waals surface area contributed by atoms with Crippen LogP contribution >= 0.6 is 34.0 Å². The van der Waals surface area contributed by atoms with Crippen LogP contribution in [-0.2, 0) is 0 Å². The van der Waals surface area contributed by atoms with Crippen molar-refractivity contribution in [2.24, 2.45) is 23.7 Å². The summed E-state index contributed by atoms with van der Waals surface area (Å²) in [5.41, 5.74) is 26.1. The summed E-state index contributed by atoms with van der Waals surface area (Å²) in [6, 6.07) is 28.3. The van der Waals surface area contributed by atoms with Gasteiger partial charge in [0.15, 0.2) is 0 Å². The van der Waals surface area contributed by atoms with Crippen molar-refractivity contribution in [1.82, 2.24) is 9.97 Å². The predicted octanol–water partition coefficient (Wildman–Crippen LogP) is 18.5. The molecule has 17 aliphatic rings. The average molecular weight is 969 g/mol. The Morgan fingerprint density at radius 3 is 0.972 bits per heavy atom. The van der Waals surface area contributed by atoms with Crippen LogP contribution in [0.25, 0.3) is 72.7 Å².